The van der Waals surface area contributed by atoms with Crippen LogP contribution < -0.4 is 5.32 Å². The van der Waals surface area contributed by atoms with Crippen LogP contribution in [0.4, 0.5) is 11.6 Å². The van der Waals surface area contributed by atoms with Gasteiger partial charge < -0.3 is 10.4 Å². The van der Waals surface area contributed by atoms with Crippen molar-refractivity contribution in [2.45, 2.75) is 6.61 Å². The highest BCUT2D eigenvalue weighted by Gasteiger charge is 2.08. The molecule has 0 aliphatic carbocycles. The number of rotatable bonds is 4. The van der Waals surface area contributed by atoms with E-state index < -0.39 is 0 Å². The van der Waals surface area contributed by atoms with Gasteiger partial charge in [-0.05, 0) is 35.9 Å². The summed E-state index contributed by atoms with van der Waals surface area (Å²) in [6.45, 7) is -0.00176. The van der Waals surface area contributed by atoms with E-state index in [2.05, 4.69) is 20.3 Å². The van der Waals surface area contributed by atoms with Gasteiger partial charge in [0, 0.05) is 18.1 Å². The summed E-state index contributed by atoms with van der Waals surface area (Å²) in [5.74, 6) is 0.494. The molecule has 0 bridgehead atoms. The Bertz CT molecular complexity index is 995. The van der Waals surface area contributed by atoms with Crippen molar-refractivity contribution >= 4 is 17.3 Å². The van der Waals surface area contributed by atoms with Gasteiger partial charge in [0.15, 0.2) is 0 Å². The van der Waals surface area contributed by atoms with Crippen molar-refractivity contribution in [2.24, 2.45) is 0 Å². The second kappa shape index (κ2) is 6.10. The summed E-state index contributed by atoms with van der Waals surface area (Å²) in [5.41, 5.74) is 4.22. The fourth-order valence-corrected chi connectivity index (χ4v) is 2.56. The molecule has 3 heterocycles. The molecule has 0 saturated heterocycles. The van der Waals surface area contributed by atoms with E-state index in [1.165, 1.54) is 0 Å². The van der Waals surface area contributed by atoms with Gasteiger partial charge in [0.05, 0.1) is 24.2 Å². The molecule has 118 valence electrons. The van der Waals surface area contributed by atoms with Crippen molar-refractivity contribution in [3.05, 3.63) is 72.7 Å². The first-order valence-corrected chi connectivity index (χ1v) is 7.56. The van der Waals surface area contributed by atoms with Gasteiger partial charge in [0.1, 0.15) is 5.65 Å². The third kappa shape index (κ3) is 2.70. The molecule has 0 aliphatic rings. The molecular formula is C18H15N5O. The van der Waals surface area contributed by atoms with Crippen molar-refractivity contribution in [1.82, 2.24) is 19.4 Å². The number of pyridine rings is 1. The van der Waals surface area contributed by atoms with Gasteiger partial charge in [-0.25, -0.2) is 15.0 Å². The molecule has 24 heavy (non-hydrogen) atoms. The number of hydrogen-bond acceptors (Lipinski definition) is 5. The van der Waals surface area contributed by atoms with Crippen LogP contribution in [0.25, 0.3) is 17.0 Å². The molecule has 0 unspecified atom stereocenters. The smallest absolute Gasteiger partial charge is 0.227 e. The van der Waals surface area contributed by atoms with Crippen LogP contribution in [0.15, 0.2) is 67.1 Å². The molecule has 6 nitrogen and oxygen atoms in total. The maximum atomic E-state index is 9.23. The number of anilines is 2. The fourth-order valence-electron chi connectivity index (χ4n) is 2.56. The topological polar surface area (TPSA) is 75.3 Å². The lowest BCUT2D eigenvalue weighted by molar-refractivity contribution is 0.282. The Labute approximate surface area is 138 Å². The molecule has 0 radical (unpaired) electrons. The highest BCUT2D eigenvalue weighted by Crippen LogP contribution is 2.21. The van der Waals surface area contributed by atoms with Crippen LogP contribution in [0.2, 0.25) is 0 Å². The summed E-state index contributed by atoms with van der Waals surface area (Å²) in [6, 6.07) is 15.2. The minimum atomic E-state index is -0.00176. The molecule has 0 amide bonds. The Morgan fingerprint density at radius 1 is 1.04 bits per heavy atom. The number of imidazole rings is 1. The van der Waals surface area contributed by atoms with E-state index in [4.69, 9.17) is 0 Å². The number of benzene rings is 1. The van der Waals surface area contributed by atoms with E-state index in [0.717, 1.165) is 28.3 Å². The van der Waals surface area contributed by atoms with Crippen molar-refractivity contribution in [2.75, 3.05) is 5.32 Å². The molecule has 4 rings (SSSR count). The molecule has 4 aromatic rings. The first-order chi connectivity index (χ1) is 11.8. The zero-order valence-electron chi connectivity index (χ0n) is 12.8. The average Bonchev–Trinajstić information content (AvgIpc) is 3.06. The number of hydrogen-bond donors (Lipinski definition) is 2. The molecule has 3 aromatic heterocycles. The second-order valence-corrected chi connectivity index (χ2v) is 5.32. The number of nitrogens with zero attached hydrogens (tertiary/aromatic N) is 4. The predicted octanol–water partition coefficient (Wildman–Crippen LogP) is 3.03. The van der Waals surface area contributed by atoms with Gasteiger partial charge in [0.2, 0.25) is 5.95 Å². The molecule has 0 atom stereocenters. The second-order valence-electron chi connectivity index (χ2n) is 5.32. The lowest BCUT2D eigenvalue weighted by atomic mass is 10.2. The normalized spacial score (nSPS) is 10.9. The lowest BCUT2D eigenvalue weighted by Crippen LogP contribution is -1.99. The number of fused-ring (bicyclic) bond motifs is 1. The average molecular weight is 317 g/mol. The Kier molecular flexibility index (Phi) is 3.64. The summed E-state index contributed by atoms with van der Waals surface area (Å²) in [4.78, 5) is 13.2. The monoisotopic (exact) mass is 317 g/mol. The molecular weight excluding hydrogens is 302 g/mol. The Morgan fingerprint density at radius 2 is 2.00 bits per heavy atom. The van der Waals surface area contributed by atoms with Crippen LogP contribution in [0.5, 0.6) is 0 Å². The van der Waals surface area contributed by atoms with E-state index in [1.54, 1.807) is 12.4 Å². The molecule has 0 saturated carbocycles. The Hall–Kier alpha value is -3.25. The van der Waals surface area contributed by atoms with E-state index in [9.17, 15) is 5.11 Å². The molecule has 6 heteroatoms. The number of aliphatic hydroxyl groups is 1. The first-order valence-electron chi connectivity index (χ1n) is 7.56. The highest BCUT2D eigenvalue weighted by atomic mass is 16.3. The van der Waals surface area contributed by atoms with Crippen molar-refractivity contribution < 1.29 is 5.11 Å². The minimum absolute atomic E-state index is 0.00176. The number of aromatic nitrogens is 4. The summed E-state index contributed by atoms with van der Waals surface area (Å²) in [6.07, 6.45) is 5.47. The van der Waals surface area contributed by atoms with Crippen molar-refractivity contribution in [3.8, 4) is 11.4 Å². The molecule has 2 N–H and O–H groups in total. The molecule has 0 aliphatic heterocycles. The zero-order chi connectivity index (χ0) is 16.4. The van der Waals surface area contributed by atoms with Crippen LogP contribution in [-0.4, -0.2) is 24.5 Å². The molecule has 0 fully saturated rings. The van der Waals surface area contributed by atoms with Crippen molar-refractivity contribution in [3.63, 3.8) is 0 Å². The Morgan fingerprint density at radius 3 is 2.92 bits per heavy atom. The van der Waals surface area contributed by atoms with Gasteiger partial charge in [0.25, 0.3) is 0 Å². The van der Waals surface area contributed by atoms with Crippen LogP contribution in [0, 0.1) is 0 Å². The van der Waals surface area contributed by atoms with Crippen LogP contribution in [0.3, 0.4) is 0 Å². The standard InChI is InChI=1S/C18H15N5O/c24-12-13-4-3-5-14(10-13)21-18-19-8-7-15(22-18)16-11-20-17-6-1-2-9-23(16)17/h1-11,24H,12H2,(H,19,21,22). The van der Waals surface area contributed by atoms with E-state index in [-0.39, 0.29) is 6.61 Å². The van der Waals surface area contributed by atoms with Crippen molar-refractivity contribution in [1.29, 1.82) is 0 Å². The molecule has 0 spiro atoms. The highest BCUT2D eigenvalue weighted by molar-refractivity contribution is 5.62. The van der Waals surface area contributed by atoms with Gasteiger partial charge in [-0.2, -0.15) is 0 Å². The maximum absolute atomic E-state index is 9.23. The van der Waals surface area contributed by atoms with Gasteiger partial charge in [-0.3, -0.25) is 4.40 Å². The van der Waals surface area contributed by atoms with Gasteiger partial charge in [-0.15, -0.1) is 0 Å². The largest absolute Gasteiger partial charge is 0.392 e. The summed E-state index contributed by atoms with van der Waals surface area (Å²) in [7, 11) is 0. The third-order valence-corrected chi connectivity index (χ3v) is 3.70. The maximum Gasteiger partial charge on any atom is 0.227 e. The van der Waals surface area contributed by atoms with Gasteiger partial charge in [-0.1, -0.05) is 18.2 Å². The minimum Gasteiger partial charge on any atom is -0.392 e. The summed E-state index contributed by atoms with van der Waals surface area (Å²) in [5, 5.41) is 12.4. The van der Waals surface area contributed by atoms with Crippen LogP contribution >= 0.6 is 0 Å². The number of aliphatic hydroxyl groups excluding tert-OH is 1. The molecule has 1 aromatic carbocycles. The summed E-state index contributed by atoms with van der Waals surface area (Å²) >= 11 is 0. The first kappa shape index (κ1) is 14.3. The van der Waals surface area contributed by atoms with E-state index in [1.807, 2.05) is 59.1 Å². The van der Waals surface area contributed by atoms with Crippen LogP contribution in [0.1, 0.15) is 5.56 Å². The quantitative estimate of drug-likeness (QED) is 0.605. The lowest BCUT2D eigenvalue weighted by Gasteiger charge is -2.07. The SMILES string of the molecule is OCc1cccc(Nc2nccc(-c3cnc4ccccn34)n2)c1. The Balaban J connectivity index is 1.68. The predicted molar refractivity (Wildman–Crippen MR) is 91.9 cm³/mol. The third-order valence-electron chi connectivity index (χ3n) is 3.70. The van der Waals surface area contributed by atoms with E-state index >= 15 is 0 Å². The van der Waals surface area contributed by atoms with Gasteiger partial charge >= 0.3 is 0 Å². The fraction of sp³-hybridized carbons (Fsp3) is 0.0556. The van der Waals surface area contributed by atoms with E-state index in [0.29, 0.717) is 5.95 Å². The summed E-state index contributed by atoms with van der Waals surface area (Å²) < 4.78 is 1.98. The van der Waals surface area contributed by atoms with Crippen LogP contribution in [-0.2, 0) is 6.61 Å². The number of nitrogens with one attached hydrogen (secondary N) is 1. The zero-order valence-corrected chi connectivity index (χ0v) is 12.8.